The minimum absolute atomic E-state index is 0.451. The lowest BCUT2D eigenvalue weighted by Gasteiger charge is -2.25. The van der Waals surface area contributed by atoms with E-state index in [1.807, 2.05) is 0 Å². The molecular weight excluding hydrogens is 226 g/mol. The van der Waals surface area contributed by atoms with Crippen LogP contribution in [0.4, 0.5) is 5.95 Å². The molecule has 0 aromatic carbocycles. The highest BCUT2D eigenvalue weighted by Gasteiger charge is 2.29. The summed E-state index contributed by atoms with van der Waals surface area (Å²) >= 11 is 0. The number of anilines is 1. The zero-order valence-electron chi connectivity index (χ0n) is 10.4. The van der Waals surface area contributed by atoms with Crippen LogP contribution in [-0.2, 0) is 0 Å². The molecular formula is C13H17N5. The lowest BCUT2D eigenvalue weighted by atomic mass is 10.2. The maximum absolute atomic E-state index is 8.90. The lowest BCUT2D eigenvalue weighted by molar-refractivity contribution is 0.273. The zero-order valence-corrected chi connectivity index (χ0v) is 10.4. The molecule has 0 bridgehead atoms. The highest BCUT2D eigenvalue weighted by molar-refractivity contribution is 5.34. The molecule has 1 unspecified atom stereocenters. The van der Waals surface area contributed by atoms with E-state index in [4.69, 9.17) is 5.26 Å². The molecule has 3 heterocycles. The molecule has 0 N–H and O–H groups in total. The molecule has 5 nitrogen and oxygen atoms in total. The summed E-state index contributed by atoms with van der Waals surface area (Å²) in [4.78, 5) is 13.4. The smallest absolute Gasteiger partial charge is 0.226 e. The number of fused-ring (bicyclic) bond motifs is 1. The standard InChI is InChI=1S/C13H17N5/c14-9-11-4-5-15-13(16-11)18-8-2-7-17-6-1-3-12(17)10-18/h4-5,12H,1-3,6-8,10H2. The molecule has 5 heteroatoms. The summed E-state index contributed by atoms with van der Waals surface area (Å²) in [7, 11) is 0. The van der Waals surface area contributed by atoms with Gasteiger partial charge in [-0.3, -0.25) is 4.90 Å². The van der Waals surface area contributed by atoms with Crippen molar-refractivity contribution in [3.63, 3.8) is 0 Å². The van der Waals surface area contributed by atoms with Crippen LogP contribution in [0.25, 0.3) is 0 Å². The molecule has 0 saturated carbocycles. The van der Waals surface area contributed by atoms with Crippen LogP contribution in [0.1, 0.15) is 25.0 Å². The van der Waals surface area contributed by atoms with Gasteiger partial charge in [0.2, 0.25) is 5.95 Å². The highest BCUT2D eigenvalue weighted by atomic mass is 15.3. The summed E-state index contributed by atoms with van der Waals surface area (Å²) in [5, 5.41) is 8.90. The van der Waals surface area contributed by atoms with E-state index in [-0.39, 0.29) is 0 Å². The predicted octanol–water partition coefficient (Wildman–Crippen LogP) is 1.02. The van der Waals surface area contributed by atoms with Crippen LogP contribution in [0.5, 0.6) is 0 Å². The summed E-state index contributed by atoms with van der Waals surface area (Å²) in [6.45, 7) is 4.40. The molecule has 94 valence electrons. The second kappa shape index (κ2) is 4.91. The number of rotatable bonds is 1. The summed E-state index contributed by atoms with van der Waals surface area (Å²) in [6.07, 6.45) is 5.40. The first kappa shape index (κ1) is 11.4. The van der Waals surface area contributed by atoms with Gasteiger partial charge >= 0.3 is 0 Å². The number of hydrogen-bond donors (Lipinski definition) is 0. The Morgan fingerprint density at radius 1 is 1.28 bits per heavy atom. The fraction of sp³-hybridized carbons (Fsp3) is 0.615. The third-order valence-electron chi connectivity index (χ3n) is 3.84. The third-order valence-corrected chi connectivity index (χ3v) is 3.84. The monoisotopic (exact) mass is 243 g/mol. The number of hydrogen-bond acceptors (Lipinski definition) is 5. The van der Waals surface area contributed by atoms with Crippen molar-refractivity contribution < 1.29 is 0 Å². The molecule has 1 aromatic rings. The van der Waals surface area contributed by atoms with Crippen LogP contribution in [0.3, 0.4) is 0 Å². The Hall–Kier alpha value is -1.67. The van der Waals surface area contributed by atoms with Crippen molar-refractivity contribution in [3.8, 4) is 6.07 Å². The van der Waals surface area contributed by atoms with Gasteiger partial charge in [-0.15, -0.1) is 0 Å². The molecule has 2 aliphatic heterocycles. The second-order valence-corrected chi connectivity index (χ2v) is 4.99. The normalized spacial score (nSPS) is 24.4. The van der Waals surface area contributed by atoms with Gasteiger partial charge in [0.15, 0.2) is 0 Å². The Labute approximate surface area is 107 Å². The van der Waals surface area contributed by atoms with Gasteiger partial charge in [-0.05, 0) is 31.9 Å². The maximum Gasteiger partial charge on any atom is 0.226 e. The van der Waals surface area contributed by atoms with Gasteiger partial charge in [-0.1, -0.05) is 0 Å². The number of nitriles is 1. The molecule has 0 amide bonds. The van der Waals surface area contributed by atoms with E-state index >= 15 is 0 Å². The highest BCUT2D eigenvalue weighted by Crippen LogP contribution is 2.23. The van der Waals surface area contributed by atoms with Gasteiger partial charge in [-0.25, -0.2) is 9.97 Å². The van der Waals surface area contributed by atoms with Crippen LogP contribution in [0.15, 0.2) is 12.3 Å². The molecule has 2 aliphatic rings. The van der Waals surface area contributed by atoms with Crippen molar-refractivity contribution in [1.82, 2.24) is 14.9 Å². The lowest BCUT2D eigenvalue weighted by Crippen LogP contribution is -2.37. The summed E-state index contributed by atoms with van der Waals surface area (Å²) in [5.74, 6) is 0.711. The SMILES string of the molecule is N#Cc1ccnc(N2CCCN3CCCC3C2)n1. The Morgan fingerprint density at radius 2 is 2.17 bits per heavy atom. The third kappa shape index (κ3) is 2.16. The van der Waals surface area contributed by atoms with E-state index in [2.05, 4.69) is 25.8 Å². The zero-order chi connectivity index (χ0) is 12.4. The fourth-order valence-corrected chi connectivity index (χ4v) is 2.95. The topological polar surface area (TPSA) is 56.1 Å². The van der Waals surface area contributed by atoms with Crippen LogP contribution >= 0.6 is 0 Å². The van der Waals surface area contributed by atoms with Crippen LogP contribution in [0, 0.1) is 11.3 Å². The molecule has 3 rings (SSSR count). The molecule has 0 aliphatic carbocycles. The van der Waals surface area contributed by atoms with Gasteiger partial charge in [0.25, 0.3) is 0 Å². The molecule has 18 heavy (non-hydrogen) atoms. The average molecular weight is 243 g/mol. The predicted molar refractivity (Wildman–Crippen MR) is 68.2 cm³/mol. The van der Waals surface area contributed by atoms with E-state index < -0.39 is 0 Å². The number of aromatic nitrogens is 2. The van der Waals surface area contributed by atoms with Crippen molar-refractivity contribution >= 4 is 5.95 Å². The quantitative estimate of drug-likeness (QED) is 0.737. The van der Waals surface area contributed by atoms with E-state index in [0.717, 1.165) is 19.5 Å². The van der Waals surface area contributed by atoms with Crippen molar-refractivity contribution in [3.05, 3.63) is 18.0 Å². The number of nitrogens with zero attached hydrogens (tertiary/aromatic N) is 5. The molecule has 1 atom stereocenters. The molecule has 1 aromatic heterocycles. The van der Waals surface area contributed by atoms with Crippen molar-refractivity contribution in [2.75, 3.05) is 31.1 Å². The van der Waals surface area contributed by atoms with Crippen LogP contribution < -0.4 is 4.90 Å². The Balaban J connectivity index is 1.80. The summed E-state index contributed by atoms with van der Waals surface area (Å²) < 4.78 is 0. The first-order valence-corrected chi connectivity index (χ1v) is 6.59. The van der Waals surface area contributed by atoms with Gasteiger partial charge in [-0.2, -0.15) is 5.26 Å². The summed E-state index contributed by atoms with van der Waals surface area (Å²) in [5.41, 5.74) is 0.451. The second-order valence-electron chi connectivity index (χ2n) is 4.99. The van der Waals surface area contributed by atoms with E-state index in [1.165, 1.54) is 25.9 Å². The first-order valence-electron chi connectivity index (χ1n) is 6.59. The van der Waals surface area contributed by atoms with E-state index in [1.54, 1.807) is 12.3 Å². The Bertz CT molecular complexity index is 467. The maximum atomic E-state index is 8.90. The minimum atomic E-state index is 0.451. The minimum Gasteiger partial charge on any atom is -0.339 e. The van der Waals surface area contributed by atoms with Gasteiger partial charge in [0.05, 0.1) is 0 Å². The van der Waals surface area contributed by atoms with E-state index in [0.29, 0.717) is 17.7 Å². The average Bonchev–Trinajstić information content (AvgIpc) is 2.76. The molecule has 0 radical (unpaired) electrons. The Morgan fingerprint density at radius 3 is 3.06 bits per heavy atom. The van der Waals surface area contributed by atoms with E-state index in [9.17, 15) is 0 Å². The van der Waals surface area contributed by atoms with Crippen LogP contribution in [0.2, 0.25) is 0 Å². The van der Waals surface area contributed by atoms with Gasteiger partial charge in [0, 0.05) is 31.9 Å². The molecule has 2 fully saturated rings. The van der Waals surface area contributed by atoms with Crippen molar-refractivity contribution in [1.29, 1.82) is 5.26 Å². The van der Waals surface area contributed by atoms with Crippen LogP contribution in [-0.4, -0.2) is 47.1 Å². The fourth-order valence-electron chi connectivity index (χ4n) is 2.95. The van der Waals surface area contributed by atoms with Gasteiger partial charge < -0.3 is 4.90 Å². The molecule has 0 spiro atoms. The molecule has 2 saturated heterocycles. The first-order chi connectivity index (χ1) is 8.86. The van der Waals surface area contributed by atoms with Crippen molar-refractivity contribution in [2.45, 2.75) is 25.3 Å². The largest absolute Gasteiger partial charge is 0.339 e. The van der Waals surface area contributed by atoms with Gasteiger partial charge in [0.1, 0.15) is 11.8 Å². The van der Waals surface area contributed by atoms with Crippen molar-refractivity contribution in [2.24, 2.45) is 0 Å². The Kier molecular flexibility index (Phi) is 3.11. The summed E-state index contributed by atoms with van der Waals surface area (Å²) in [6, 6.07) is 4.38.